The second-order valence-corrected chi connectivity index (χ2v) is 9.54. The lowest BCUT2D eigenvalue weighted by molar-refractivity contribution is -0.00520. The van der Waals surface area contributed by atoms with Gasteiger partial charge in [-0.25, -0.2) is 4.79 Å². The van der Waals surface area contributed by atoms with Gasteiger partial charge in [0.05, 0.1) is 11.3 Å². The van der Waals surface area contributed by atoms with E-state index in [1.54, 1.807) is 30.5 Å². The summed E-state index contributed by atoms with van der Waals surface area (Å²) in [7, 11) is 0. The number of carboxylic acid groups (broad SMARTS) is 1. The fourth-order valence-corrected chi connectivity index (χ4v) is 6.47. The van der Waals surface area contributed by atoms with Crippen LogP contribution in [0.1, 0.15) is 65.6 Å². The molecule has 4 bridgehead atoms. The van der Waals surface area contributed by atoms with Crippen molar-refractivity contribution in [1.82, 2.24) is 0 Å². The Morgan fingerprint density at radius 3 is 2.31 bits per heavy atom. The summed E-state index contributed by atoms with van der Waals surface area (Å²) in [6.07, 6.45) is 9.73. The van der Waals surface area contributed by atoms with Gasteiger partial charge in [0.1, 0.15) is 5.75 Å². The van der Waals surface area contributed by atoms with Crippen LogP contribution in [0.25, 0.3) is 0 Å². The molecule has 6 rings (SSSR count). The summed E-state index contributed by atoms with van der Waals surface area (Å²) in [5, 5.41) is 19.6. The molecular formula is C25H27NO3. The third kappa shape index (κ3) is 3.25. The summed E-state index contributed by atoms with van der Waals surface area (Å²) in [5.74, 6) is 1.86. The standard InChI is InChI=1S/C25H27NO3/c1-15-2-3-19(24(28)29)10-22(15)26-14-20-9-21(4-5-23(20)27)25-11-16-6-17(12-25)8-18(7-16)13-25/h2-5,9-10,14,16-18,27H,6-8,11-13H2,1H3,(H,28,29). The Labute approximate surface area is 171 Å². The van der Waals surface area contributed by atoms with Crippen molar-refractivity contribution >= 4 is 17.9 Å². The minimum atomic E-state index is -0.965. The second-order valence-electron chi connectivity index (χ2n) is 9.54. The molecule has 4 heteroatoms. The Hall–Kier alpha value is -2.62. The van der Waals surface area contributed by atoms with Gasteiger partial charge in [0.15, 0.2) is 0 Å². The number of phenolic OH excluding ortho intramolecular Hbond substituents is 1. The lowest BCUT2D eigenvalue weighted by Crippen LogP contribution is -2.48. The van der Waals surface area contributed by atoms with E-state index in [1.165, 1.54) is 44.1 Å². The number of hydrogen-bond donors (Lipinski definition) is 2. The molecule has 2 N–H and O–H groups in total. The first-order valence-corrected chi connectivity index (χ1v) is 10.6. The topological polar surface area (TPSA) is 69.9 Å². The van der Waals surface area contributed by atoms with E-state index in [-0.39, 0.29) is 16.7 Å². The zero-order valence-corrected chi connectivity index (χ0v) is 16.8. The van der Waals surface area contributed by atoms with Gasteiger partial charge in [-0.15, -0.1) is 0 Å². The third-order valence-electron chi connectivity index (χ3n) is 7.48. The first kappa shape index (κ1) is 18.4. The summed E-state index contributed by atoms with van der Waals surface area (Å²) < 4.78 is 0. The van der Waals surface area contributed by atoms with E-state index in [1.807, 2.05) is 6.92 Å². The number of carboxylic acids is 1. The minimum Gasteiger partial charge on any atom is -0.507 e. The average molecular weight is 389 g/mol. The minimum absolute atomic E-state index is 0.217. The zero-order valence-electron chi connectivity index (χ0n) is 16.8. The normalized spacial score (nSPS) is 30.2. The van der Waals surface area contributed by atoms with Gasteiger partial charge >= 0.3 is 5.97 Å². The zero-order chi connectivity index (χ0) is 20.2. The van der Waals surface area contributed by atoms with Gasteiger partial charge in [0.25, 0.3) is 0 Å². The highest BCUT2D eigenvalue weighted by Crippen LogP contribution is 2.60. The van der Waals surface area contributed by atoms with Gasteiger partial charge in [0.2, 0.25) is 0 Å². The maximum absolute atomic E-state index is 11.3. The average Bonchev–Trinajstić information content (AvgIpc) is 2.67. The van der Waals surface area contributed by atoms with Crippen molar-refractivity contribution in [2.24, 2.45) is 22.7 Å². The summed E-state index contributed by atoms with van der Waals surface area (Å²) in [4.78, 5) is 15.8. The number of aromatic carboxylic acids is 1. The molecule has 0 saturated heterocycles. The van der Waals surface area contributed by atoms with E-state index < -0.39 is 5.97 Å². The highest BCUT2D eigenvalue weighted by molar-refractivity contribution is 5.90. The smallest absolute Gasteiger partial charge is 0.335 e. The van der Waals surface area contributed by atoms with E-state index in [4.69, 9.17) is 0 Å². The number of phenols is 1. The van der Waals surface area contributed by atoms with E-state index in [0.717, 1.165) is 23.3 Å². The summed E-state index contributed by atoms with van der Waals surface area (Å²) in [6.45, 7) is 1.91. The molecule has 2 aromatic carbocycles. The van der Waals surface area contributed by atoms with Gasteiger partial charge in [-0.3, -0.25) is 4.99 Å². The fraction of sp³-hybridized carbons (Fsp3) is 0.440. The second kappa shape index (κ2) is 6.72. The Balaban J connectivity index is 1.47. The van der Waals surface area contributed by atoms with Gasteiger partial charge in [-0.1, -0.05) is 12.1 Å². The Kier molecular flexibility index (Phi) is 4.27. The summed E-state index contributed by atoms with van der Waals surface area (Å²) in [6, 6.07) is 11.0. The number of carbonyl (C=O) groups is 1. The number of aliphatic imine (C=N–C) groups is 1. The first-order chi connectivity index (χ1) is 13.9. The van der Waals surface area contributed by atoms with E-state index in [9.17, 15) is 15.0 Å². The van der Waals surface area contributed by atoms with Gasteiger partial charge < -0.3 is 10.2 Å². The lowest BCUT2D eigenvalue weighted by atomic mass is 9.48. The maximum atomic E-state index is 11.3. The molecule has 0 atom stereocenters. The van der Waals surface area contributed by atoms with Crippen molar-refractivity contribution in [3.63, 3.8) is 0 Å². The maximum Gasteiger partial charge on any atom is 0.335 e. The number of nitrogens with zero attached hydrogens (tertiary/aromatic N) is 1. The highest BCUT2D eigenvalue weighted by Gasteiger charge is 2.51. The van der Waals surface area contributed by atoms with E-state index >= 15 is 0 Å². The van der Waals surface area contributed by atoms with Crippen LogP contribution >= 0.6 is 0 Å². The molecule has 4 aliphatic carbocycles. The number of benzene rings is 2. The molecule has 4 saturated carbocycles. The predicted octanol–water partition coefficient (Wildman–Crippen LogP) is 5.62. The van der Waals surface area contributed by atoms with Crippen LogP contribution in [0.15, 0.2) is 41.4 Å². The predicted molar refractivity (Wildman–Crippen MR) is 113 cm³/mol. The van der Waals surface area contributed by atoms with Crippen molar-refractivity contribution in [2.45, 2.75) is 50.9 Å². The summed E-state index contributed by atoms with van der Waals surface area (Å²) in [5.41, 5.74) is 4.05. The highest BCUT2D eigenvalue weighted by atomic mass is 16.4. The monoisotopic (exact) mass is 389 g/mol. The van der Waals surface area contributed by atoms with Crippen molar-refractivity contribution in [1.29, 1.82) is 0 Å². The number of aryl methyl sites for hydroxylation is 1. The quantitative estimate of drug-likeness (QED) is 0.667. The third-order valence-corrected chi connectivity index (χ3v) is 7.48. The van der Waals surface area contributed by atoms with Crippen molar-refractivity contribution in [3.8, 4) is 5.75 Å². The number of aromatic hydroxyl groups is 1. The molecule has 150 valence electrons. The molecule has 0 aromatic heterocycles. The van der Waals surface area contributed by atoms with Crippen molar-refractivity contribution in [3.05, 3.63) is 58.7 Å². The Bertz CT molecular complexity index is 972. The Morgan fingerprint density at radius 1 is 1.03 bits per heavy atom. The van der Waals surface area contributed by atoms with Crippen molar-refractivity contribution in [2.75, 3.05) is 0 Å². The van der Waals surface area contributed by atoms with Crippen LogP contribution in [0.4, 0.5) is 5.69 Å². The van der Waals surface area contributed by atoms with Crippen LogP contribution in [0.3, 0.4) is 0 Å². The van der Waals surface area contributed by atoms with Crippen LogP contribution in [-0.2, 0) is 5.41 Å². The number of hydrogen-bond acceptors (Lipinski definition) is 3. The molecule has 0 unspecified atom stereocenters. The van der Waals surface area contributed by atoms with Crippen LogP contribution in [-0.4, -0.2) is 22.4 Å². The van der Waals surface area contributed by atoms with Gasteiger partial charge in [-0.05, 0) is 104 Å². The Morgan fingerprint density at radius 2 is 1.69 bits per heavy atom. The molecule has 29 heavy (non-hydrogen) atoms. The largest absolute Gasteiger partial charge is 0.507 e. The molecule has 2 aromatic rings. The first-order valence-electron chi connectivity index (χ1n) is 10.6. The van der Waals surface area contributed by atoms with Crippen LogP contribution < -0.4 is 0 Å². The fourth-order valence-electron chi connectivity index (χ4n) is 6.47. The SMILES string of the molecule is Cc1ccc(C(=O)O)cc1N=Cc1cc(C23CC4CC(CC(C4)C2)C3)ccc1O. The molecule has 4 fully saturated rings. The lowest BCUT2D eigenvalue weighted by Gasteiger charge is -2.57. The molecule has 4 aliphatic rings. The molecule has 4 nitrogen and oxygen atoms in total. The van der Waals surface area contributed by atoms with Gasteiger partial charge in [-0.2, -0.15) is 0 Å². The summed E-state index contributed by atoms with van der Waals surface area (Å²) >= 11 is 0. The molecule has 0 heterocycles. The molecule has 0 aliphatic heterocycles. The van der Waals surface area contributed by atoms with Crippen molar-refractivity contribution < 1.29 is 15.0 Å². The van der Waals surface area contributed by atoms with E-state index in [2.05, 4.69) is 17.1 Å². The van der Waals surface area contributed by atoms with Crippen LogP contribution in [0.5, 0.6) is 5.75 Å². The molecular weight excluding hydrogens is 362 g/mol. The molecule has 0 spiro atoms. The van der Waals surface area contributed by atoms with Crippen LogP contribution in [0.2, 0.25) is 0 Å². The van der Waals surface area contributed by atoms with Gasteiger partial charge in [0, 0.05) is 11.8 Å². The molecule has 0 amide bonds. The number of rotatable bonds is 4. The van der Waals surface area contributed by atoms with Crippen LogP contribution in [0, 0.1) is 24.7 Å². The van der Waals surface area contributed by atoms with E-state index in [0.29, 0.717) is 11.3 Å². The molecule has 0 radical (unpaired) electrons.